The molecule has 0 saturated heterocycles. The molecular weight excluding hydrogens is 498 g/mol. The third kappa shape index (κ3) is 5.05. The van der Waals surface area contributed by atoms with E-state index in [4.69, 9.17) is 14.5 Å². The molecule has 0 atom stereocenters. The van der Waals surface area contributed by atoms with Crippen molar-refractivity contribution in [2.75, 3.05) is 58.2 Å². The molecule has 39 heavy (non-hydrogen) atoms. The summed E-state index contributed by atoms with van der Waals surface area (Å²) in [6.45, 7) is 4.83. The summed E-state index contributed by atoms with van der Waals surface area (Å²) < 4.78 is 13.7. The predicted octanol–water partition coefficient (Wildman–Crippen LogP) is 4.71. The van der Waals surface area contributed by atoms with Gasteiger partial charge in [-0.05, 0) is 32.1 Å². The average molecular weight is 532 g/mol. The van der Waals surface area contributed by atoms with Crippen LogP contribution in [0, 0.1) is 10.1 Å². The van der Waals surface area contributed by atoms with Crippen molar-refractivity contribution in [2.24, 2.45) is 0 Å². The van der Waals surface area contributed by atoms with Crippen LogP contribution >= 0.6 is 0 Å². The molecule has 1 N–H and O–H groups in total. The molecule has 0 unspecified atom stereocenters. The van der Waals surface area contributed by atoms with E-state index in [9.17, 15) is 10.1 Å². The topological polar surface area (TPSA) is 111 Å². The monoisotopic (exact) mass is 531 g/mol. The zero-order chi connectivity index (χ0) is 27.7. The Bertz CT molecular complexity index is 1530. The zero-order valence-corrected chi connectivity index (χ0v) is 22.9. The Hall–Kier alpha value is -4.38. The number of anilines is 3. The second kappa shape index (κ2) is 10.8. The fourth-order valence-electron chi connectivity index (χ4n) is 4.89. The Kier molecular flexibility index (Phi) is 7.25. The van der Waals surface area contributed by atoms with E-state index in [1.807, 2.05) is 43.1 Å². The lowest BCUT2D eigenvalue weighted by Crippen LogP contribution is -2.28. The van der Waals surface area contributed by atoms with E-state index in [-0.39, 0.29) is 10.6 Å². The second-order valence-corrected chi connectivity index (χ2v) is 9.81. The summed E-state index contributed by atoms with van der Waals surface area (Å²) in [6.07, 6.45) is 4.67. The number of aromatic nitrogens is 3. The van der Waals surface area contributed by atoms with Crippen molar-refractivity contribution in [1.82, 2.24) is 19.4 Å². The minimum Gasteiger partial charge on any atom is -0.494 e. The molecule has 3 heterocycles. The van der Waals surface area contributed by atoms with Gasteiger partial charge in [0.15, 0.2) is 0 Å². The number of likely N-dealkylation sites (N-methyl/N-ethyl adjacent to an activating group) is 2. The number of hydrogen-bond donors (Lipinski definition) is 1. The van der Waals surface area contributed by atoms with Crippen LogP contribution in [0.4, 0.5) is 23.0 Å². The van der Waals surface area contributed by atoms with Crippen molar-refractivity contribution in [1.29, 1.82) is 0 Å². The fraction of sp³-hybridized carbons (Fsp3) is 0.357. The van der Waals surface area contributed by atoms with Crippen LogP contribution in [0.3, 0.4) is 0 Å². The number of hydrogen-bond acceptors (Lipinski definition) is 9. The maximum atomic E-state index is 12.0. The van der Waals surface area contributed by atoms with Crippen molar-refractivity contribution in [3.8, 4) is 22.8 Å². The summed E-state index contributed by atoms with van der Waals surface area (Å²) in [5, 5.41) is 16.3. The molecule has 0 amide bonds. The summed E-state index contributed by atoms with van der Waals surface area (Å²) >= 11 is 0. The van der Waals surface area contributed by atoms with Crippen LogP contribution < -0.4 is 19.7 Å². The summed E-state index contributed by atoms with van der Waals surface area (Å²) in [5.74, 6) is 1.65. The van der Waals surface area contributed by atoms with E-state index >= 15 is 0 Å². The van der Waals surface area contributed by atoms with Crippen LogP contribution in [-0.4, -0.2) is 72.3 Å². The SMILES string of the molecule is CCc1cnc(Nc2cc([N+](=O)[O-])c(N(C)CCN(C)C)cc2OC)nc1-c1cn2c3c(cccc13)OCC2. The highest BCUT2D eigenvalue weighted by atomic mass is 16.6. The van der Waals surface area contributed by atoms with E-state index in [1.165, 1.54) is 6.07 Å². The van der Waals surface area contributed by atoms with Gasteiger partial charge in [-0.15, -0.1) is 0 Å². The number of nitrogens with zero attached hydrogens (tertiary/aromatic N) is 6. The van der Waals surface area contributed by atoms with E-state index in [2.05, 4.69) is 34.1 Å². The normalized spacial score (nSPS) is 12.5. The van der Waals surface area contributed by atoms with Gasteiger partial charge in [0.25, 0.3) is 5.69 Å². The summed E-state index contributed by atoms with van der Waals surface area (Å²) in [5.41, 5.74) is 4.73. The van der Waals surface area contributed by atoms with Crippen LogP contribution in [0.5, 0.6) is 11.5 Å². The third-order valence-corrected chi connectivity index (χ3v) is 6.99. The number of rotatable bonds is 10. The van der Waals surface area contributed by atoms with Gasteiger partial charge in [0, 0.05) is 55.6 Å². The highest BCUT2D eigenvalue weighted by Gasteiger charge is 2.24. The Morgan fingerprint density at radius 2 is 2.05 bits per heavy atom. The lowest BCUT2D eigenvalue weighted by atomic mass is 10.0. The Morgan fingerprint density at radius 3 is 2.77 bits per heavy atom. The van der Waals surface area contributed by atoms with Crippen molar-refractivity contribution >= 4 is 33.9 Å². The maximum Gasteiger partial charge on any atom is 0.294 e. The van der Waals surface area contributed by atoms with Gasteiger partial charge in [-0.3, -0.25) is 10.1 Å². The molecule has 0 bridgehead atoms. The first-order valence-corrected chi connectivity index (χ1v) is 12.9. The lowest BCUT2D eigenvalue weighted by Gasteiger charge is -2.22. The number of benzene rings is 2. The molecule has 204 valence electrons. The molecule has 1 aliphatic heterocycles. The maximum absolute atomic E-state index is 12.0. The molecule has 11 nitrogen and oxygen atoms in total. The number of ether oxygens (including phenoxy) is 2. The number of methoxy groups -OCH3 is 1. The number of nitro benzene ring substituents is 1. The van der Waals surface area contributed by atoms with E-state index in [0.717, 1.165) is 53.0 Å². The third-order valence-electron chi connectivity index (χ3n) is 6.99. The largest absolute Gasteiger partial charge is 0.494 e. The number of para-hydroxylation sites is 1. The minimum absolute atomic E-state index is 0.0288. The van der Waals surface area contributed by atoms with Crippen LogP contribution in [0.2, 0.25) is 0 Å². The first kappa shape index (κ1) is 26.2. The standard InChI is InChI=1S/C28H33N7O4/c1-6-18-16-29-28(31-26(18)20-17-34-12-13-39-24-9-7-8-19(20)27(24)34)30-21-14-23(35(36)37)22(15-25(21)38-5)33(4)11-10-32(2)3/h7-9,14-17H,6,10-13H2,1-5H3,(H,29,30,31). The highest BCUT2D eigenvalue weighted by molar-refractivity contribution is 5.99. The molecular formula is C28H33N7O4. The first-order chi connectivity index (χ1) is 18.8. The zero-order valence-electron chi connectivity index (χ0n) is 22.9. The molecule has 0 aliphatic carbocycles. The number of aryl methyl sites for hydroxylation is 1. The van der Waals surface area contributed by atoms with Gasteiger partial charge in [0.2, 0.25) is 5.95 Å². The van der Waals surface area contributed by atoms with Gasteiger partial charge >= 0.3 is 0 Å². The average Bonchev–Trinajstić information content (AvgIpc) is 3.31. The lowest BCUT2D eigenvalue weighted by molar-refractivity contribution is -0.384. The van der Waals surface area contributed by atoms with Gasteiger partial charge in [-0.1, -0.05) is 19.1 Å². The summed E-state index contributed by atoms with van der Waals surface area (Å²) in [6, 6.07) is 9.21. The number of nitrogens with one attached hydrogen (secondary N) is 1. The van der Waals surface area contributed by atoms with E-state index in [0.29, 0.717) is 36.2 Å². The summed E-state index contributed by atoms with van der Waals surface area (Å²) in [7, 11) is 7.30. The van der Waals surface area contributed by atoms with Gasteiger partial charge in [0.1, 0.15) is 23.8 Å². The van der Waals surface area contributed by atoms with Crippen molar-refractivity contribution in [2.45, 2.75) is 19.9 Å². The smallest absolute Gasteiger partial charge is 0.294 e. The van der Waals surface area contributed by atoms with Crippen LogP contribution in [0.25, 0.3) is 22.2 Å². The quantitative estimate of drug-likeness (QED) is 0.230. The first-order valence-electron chi connectivity index (χ1n) is 12.9. The molecule has 2 aromatic carbocycles. The highest BCUT2D eigenvalue weighted by Crippen LogP contribution is 2.40. The Balaban J connectivity index is 1.55. The molecule has 2 aromatic heterocycles. The van der Waals surface area contributed by atoms with Gasteiger partial charge in [-0.25, -0.2) is 9.97 Å². The van der Waals surface area contributed by atoms with Crippen molar-refractivity contribution in [3.63, 3.8) is 0 Å². The van der Waals surface area contributed by atoms with Gasteiger partial charge in [-0.2, -0.15) is 0 Å². The molecule has 4 aromatic rings. The van der Waals surface area contributed by atoms with Gasteiger partial charge < -0.3 is 29.2 Å². The molecule has 0 saturated carbocycles. The van der Waals surface area contributed by atoms with Gasteiger partial charge in [0.05, 0.1) is 35.5 Å². The number of nitro groups is 1. The Morgan fingerprint density at radius 1 is 1.23 bits per heavy atom. The minimum atomic E-state index is -0.380. The summed E-state index contributed by atoms with van der Waals surface area (Å²) in [4.78, 5) is 25.0. The molecule has 5 rings (SSSR count). The molecule has 0 fully saturated rings. The van der Waals surface area contributed by atoms with Crippen molar-refractivity contribution in [3.05, 3.63) is 58.4 Å². The molecule has 0 spiro atoms. The van der Waals surface area contributed by atoms with E-state index < -0.39 is 0 Å². The van der Waals surface area contributed by atoms with Crippen LogP contribution in [0.1, 0.15) is 12.5 Å². The molecule has 11 heteroatoms. The van der Waals surface area contributed by atoms with Crippen molar-refractivity contribution < 1.29 is 14.4 Å². The second-order valence-electron chi connectivity index (χ2n) is 9.81. The molecule has 0 radical (unpaired) electrons. The fourth-order valence-corrected chi connectivity index (χ4v) is 4.89. The predicted molar refractivity (Wildman–Crippen MR) is 153 cm³/mol. The van der Waals surface area contributed by atoms with Crippen LogP contribution in [0.15, 0.2) is 42.7 Å². The molecule has 1 aliphatic rings. The Labute approximate surface area is 227 Å². The van der Waals surface area contributed by atoms with Crippen LogP contribution in [-0.2, 0) is 13.0 Å². The van der Waals surface area contributed by atoms with E-state index in [1.54, 1.807) is 19.4 Å².